The Labute approximate surface area is 137 Å². The first kappa shape index (κ1) is 17.9. The number of aromatic nitrogens is 3. The first-order valence-corrected chi connectivity index (χ1v) is 8.28. The average Bonchev–Trinajstić information content (AvgIpc) is 2.97. The first-order valence-electron chi connectivity index (χ1n) is 8.28. The number of methoxy groups -OCH3 is 1. The number of ether oxygens (including phenoxy) is 1. The zero-order chi connectivity index (χ0) is 17.0. The summed E-state index contributed by atoms with van der Waals surface area (Å²) in [6, 6.07) is 0.116. The predicted molar refractivity (Wildman–Crippen MR) is 85.8 cm³/mol. The van der Waals surface area contributed by atoms with Gasteiger partial charge in [0.05, 0.1) is 30.8 Å². The minimum atomic E-state index is -1.01. The van der Waals surface area contributed by atoms with Gasteiger partial charge in [-0.1, -0.05) is 18.1 Å². The van der Waals surface area contributed by atoms with Crippen molar-refractivity contribution in [3.05, 3.63) is 11.9 Å². The molecule has 0 aliphatic heterocycles. The Bertz CT molecular complexity index is 524. The van der Waals surface area contributed by atoms with E-state index in [9.17, 15) is 9.90 Å². The fourth-order valence-electron chi connectivity index (χ4n) is 2.93. The number of nitrogens with one attached hydrogen (secondary N) is 1. The number of hydrogen-bond donors (Lipinski definition) is 2. The quantitative estimate of drug-likeness (QED) is 0.828. The van der Waals surface area contributed by atoms with E-state index in [2.05, 4.69) is 15.6 Å². The highest BCUT2D eigenvalue weighted by atomic mass is 16.5. The van der Waals surface area contributed by atoms with Crippen LogP contribution in [-0.4, -0.2) is 45.3 Å². The minimum absolute atomic E-state index is 0.000855. The largest absolute Gasteiger partial charge is 0.384 e. The number of carbonyl (C=O) groups is 1. The van der Waals surface area contributed by atoms with Gasteiger partial charge in [0.1, 0.15) is 11.3 Å². The van der Waals surface area contributed by atoms with Crippen LogP contribution in [0.2, 0.25) is 0 Å². The topological polar surface area (TPSA) is 89.3 Å². The Balaban J connectivity index is 2.06. The van der Waals surface area contributed by atoms with E-state index in [-0.39, 0.29) is 24.1 Å². The summed E-state index contributed by atoms with van der Waals surface area (Å²) in [7, 11) is 1.61. The lowest BCUT2D eigenvalue weighted by Crippen LogP contribution is -2.44. The van der Waals surface area contributed by atoms with Crippen molar-refractivity contribution in [3.63, 3.8) is 0 Å². The SMILES string of the molecule is COC(C)CC(=O)N[C@H]1CCCC[C@H]1n1cc(C(C)(C)O)nn1. The van der Waals surface area contributed by atoms with Crippen molar-refractivity contribution < 1.29 is 14.6 Å². The summed E-state index contributed by atoms with van der Waals surface area (Å²) in [6.45, 7) is 5.26. The van der Waals surface area contributed by atoms with Crippen LogP contribution in [0.25, 0.3) is 0 Å². The minimum Gasteiger partial charge on any atom is -0.384 e. The van der Waals surface area contributed by atoms with Gasteiger partial charge in [-0.3, -0.25) is 4.79 Å². The molecule has 1 aliphatic carbocycles. The molecule has 1 fully saturated rings. The molecule has 1 heterocycles. The summed E-state index contributed by atoms with van der Waals surface area (Å²) in [5, 5.41) is 21.4. The molecule has 0 aromatic carbocycles. The van der Waals surface area contributed by atoms with E-state index < -0.39 is 5.60 Å². The van der Waals surface area contributed by atoms with Crippen LogP contribution < -0.4 is 5.32 Å². The molecule has 3 atom stereocenters. The summed E-state index contributed by atoms with van der Waals surface area (Å²) in [5.41, 5.74) is -0.472. The molecule has 2 rings (SSSR count). The van der Waals surface area contributed by atoms with E-state index in [1.807, 2.05) is 6.92 Å². The predicted octanol–water partition coefficient (Wildman–Crippen LogP) is 1.53. The number of carbonyl (C=O) groups excluding carboxylic acids is 1. The van der Waals surface area contributed by atoms with Crippen molar-refractivity contribution in [3.8, 4) is 0 Å². The van der Waals surface area contributed by atoms with Crippen molar-refractivity contribution in [2.45, 2.75) is 76.7 Å². The highest BCUT2D eigenvalue weighted by Crippen LogP contribution is 2.29. The molecule has 23 heavy (non-hydrogen) atoms. The van der Waals surface area contributed by atoms with Crippen molar-refractivity contribution >= 4 is 5.91 Å². The van der Waals surface area contributed by atoms with Gasteiger partial charge in [-0.25, -0.2) is 4.68 Å². The van der Waals surface area contributed by atoms with Crippen LogP contribution in [0.4, 0.5) is 0 Å². The monoisotopic (exact) mass is 324 g/mol. The third-order valence-corrected chi connectivity index (χ3v) is 4.43. The molecule has 7 nitrogen and oxygen atoms in total. The molecule has 1 saturated carbocycles. The van der Waals surface area contributed by atoms with Crippen molar-refractivity contribution in [1.82, 2.24) is 20.3 Å². The Morgan fingerprint density at radius 1 is 1.52 bits per heavy atom. The first-order chi connectivity index (χ1) is 10.8. The lowest BCUT2D eigenvalue weighted by Gasteiger charge is -2.32. The van der Waals surface area contributed by atoms with E-state index in [4.69, 9.17) is 4.74 Å². The normalized spacial score (nSPS) is 23.5. The van der Waals surface area contributed by atoms with Gasteiger partial charge >= 0.3 is 0 Å². The molecule has 1 aliphatic rings. The van der Waals surface area contributed by atoms with Gasteiger partial charge in [-0.2, -0.15) is 0 Å². The molecule has 1 unspecified atom stereocenters. The molecular formula is C16H28N4O3. The van der Waals surface area contributed by atoms with E-state index in [1.165, 1.54) is 0 Å². The van der Waals surface area contributed by atoms with Crippen LogP contribution in [0.3, 0.4) is 0 Å². The fourth-order valence-corrected chi connectivity index (χ4v) is 2.93. The second kappa shape index (κ2) is 7.40. The van der Waals surface area contributed by atoms with Crippen LogP contribution in [0.1, 0.15) is 64.6 Å². The molecule has 0 bridgehead atoms. The van der Waals surface area contributed by atoms with Gasteiger partial charge in [-0.15, -0.1) is 5.10 Å². The number of hydrogen-bond acceptors (Lipinski definition) is 5. The third-order valence-electron chi connectivity index (χ3n) is 4.43. The Kier molecular flexibility index (Phi) is 5.75. The van der Waals surface area contributed by atoms with Crippen molar-refractivity contribution in [2.24, 2.45) is 0 Å². The lowest BCUT2D eigenvalue weighted by molar-refractivity contribution is -0.124. The van der Waals surface area contributed by atoms with Crippen molar-refractivity contribution in [1.29, 1.82) is 0 Å². The van der Waals surface area contributed by atoms with Crippen LogP contribution in [-0.2, 0) is 15.1 Å². The second-order valence-corrected chi connectivity index (χ2v) is 6.92. The molecule has 1 aromatic heterocycles. The zero-order valence-corrected chi connectivity index (χ0v) is 14.5. The Hall–Kier alpha value is -1.47. The Morgan fingerprint density at radius 2 is 2.22 bits per heavy atom. The summed E-state index contributed by atoms with van der Waals surface area (Å²) in [4.78, 5) is 12.1. The maximum absolute atomic E-state index is 12.1. The number of nitrogens with zero attached hydrogens (tertiary/aromatic N) is 3. The van der Waals surface area contributed by atoms with Crippen molar-refractivity contribution in [2.75, 3.05) is 7.11 Å². The summed E-state index contributed by atoms with van der Waals surface area (Å²) in [5.74, 6) is -0.000855. The molecule has 0 spiro atoms. The molecule has 7 heteroatoms. The number of rotatable bonds is 6. The van der Waals surface area contributed by atoms with Gasteiger partial charge in [-0.05, 0) is 33.6 Å². The molecule has 1 amide bonds. The Morgan fingerprint density at radius 3 is 2.83 bits per heavy atom. The van der Waals surface area contributed by atoms with Crippen LogP contribution in [0, 0.1) is 0 Å². The maximum atomic E-state index is 12.1. The fraction of sp³-hybridized carbons (Fsp3) is 0.812. The molecular weight excluding hydrogens is 296 g/mol. The van der Waals surface area contributed by atoms with Gasteiger partial charge in [0.25, 0.3) is 0 Å². The molecule has 1 aromatic rings. The van der Waals surface area contributed by atoms with Crippen LogP contribution in [0.15, 0.2) is 6.20 Å². The highest BCUT2D eigenvalue weighted by Gasteiger charge is 2.30. The van der Waals surface area contributed by atoms with E-state index in [1.54, 1.807) is 31.8 Å². The summed E-state index contributed by atoms with van der Waals surface area (Å²) >= 11 is 0. The number of amides is 1. The van der Waals surface area contributed by atoms with Gasteiger partial charge in [0.2, 0.25) is 5.91 Å². The summed E-state index contributed by atoms with van der Waals surface area (Å²) < 4.78 is 6.93. The van der Waals surface area contributed by atoms with E-state index in [0.29, 0.717) is 12.1 Å². The van der Waals surface area contributed by atoms with E-state index in [0.717, 1.165) is 25.7 Å². The lowest BCUT2D eigenvalue weighted by atomic mass is 9.90. The molecule has 0 radical (unpaired) electrons. The number of aliphatic hydroxyl groups is 1. The van der Waals surface area contributed by atoms with Gasteiger partial charge in [0.15, 0.2) is 0 Å². The average molecular weight is 324 g/mol. The second-order valence-electron chi connectivity index (χ2n) is 6.92. The standard InChI is InChI=1S/C16H28N4O3/c1-11(23-4)9-15(21)17-12-7-5-6-8-13(12)20-10-14(18-19-20)16(2,3)22/h10-13,22H,5-9H2,1-4H3,(H,17,21)/t11?,12-,13+/m0/s1. The third kappa shape index (κ3) is 4.75. The molecule has 2 N–H and O–H groups in total. The zero-order valence-electron chi connectivity index (χ0n) is 14.5. The summed E-state index contributed by atoms with van der Waals surface area (Å²) in [6.07, 6.45) is 6.11. The van der Waals surface area contributed by atoms with Crippen LogP contribution in [0.5, 0.6) is 0 Å². The highest BCUT2D eigenvalue weighted by molar-refractivity contribution is 5.76. The maximum Gasteiger partial charge on any atom is 0.222 e. The van der Waals surface area contributed by atoms with Crippen LogP contribution >= 0.6 is 0 Å². The smallest absolute Gasteiger partial charge is 0.222 e. The van der Waals surface area contributed by atoms with Gasteiger partial charge < -0.3 is 15.2 Å². The van der Waals surface area contributed by atoms with E-state index >= 15 is 0 Å². The van der Waals surface area contributed by atoms with Gasteiger partial charge in [0, 0.05) is 7.11 Å². The molecule has 0 saturated heterocycles. The molecule has 130 valence electrons.